The van der Waals surface area contributed by atoms with E-state index in [1.165, 1.54) is 77.8 Å². The molecule has 0 spiro atoms. The zero-order valence-corrected chi connectivity index (χ0v) is 11.0. The van der Waals surface area contributed by atoms with Crippen LogP contribution in [0.3, 0.4) is 0 Å². The highest BCUT2D eigenvalue weighted by Gasteiger charge is 2.31. The number of hydrogen-bond donors (Lipinski definition) is 1. The van der Waals surface area contributed by atoms with E-state index in [2.05, 4.69) is 15.1 Å². The molecule has 3 aliphatic rings. The lowest BCUT2D eigenvalue weighted by atomic mass is 10.0. The van der Waals surface area contributed by atoms with Crippen molar-refractivity contribution in [2.75, 3.05) is 39.3 Å². The van der Waals surface area contributed by atoms with Crippen LogP contribution in [0, 0.1) is 0 Å². The molecule has 2 aliphatic heterocycles. The van der Waals surface area contributed by atoms with E-state index in [1.54, 1.807) is 0 Å². The van der Waals surface area contributed by atoms with Gasteiger partial charge in [0, 0.05) is 38.3 Å². The molecular formula is C14H27N3. The van der Waals surface area contributed by atoms with Gasteiger partial charge in [-0.2, -0.15) is 0 Å². The minimum atomic E-state index is 0.810. The third kappa shape index (κ3) is 3.43. The van der Waals surface area contributed by atoms with Gasteiger partial charge in [-0.25, -0.2) is 0 Å². The lowest BCUT2D eigenvalue weighted by Crippen LogP contribution is -2.48. The SMILES string of the molecule is C1CCC(CCN2CCN(C3CC3)CC2)NC1. The quantitative estimate of drug-likeness (QED) is 0.795. The molecule has 1 atom stereocenters. The summed E-state index contributed by atoms with van der Waals surface area (Å²) < 4.78 is 0. The van der Waals surface area contributed by atoms with Gasteiger partial charge in [-0.05, 0) is 45.2 Å². The fraction of sp³-hybridized carbons (Fsp3) is 1.00. The molecule has 0 aromatic rings. The van der Waals surface area contributed by atoms with Crippen molar-refractivity contribution in [3.63, 3.8) is 0 Å². The molecule has 2 heterocycles. The summed E-state index contributed by atoms with van der Waals surface area (Å²) in [4.78, 5) is 5.38. The van der Waals surface area contributed by atoms with Crippen LogP contribution in [0.4, 0.5) is 0 Å². The van der Waals surface area contributed by atoms with Crippen LogP contribution in [0.2, 0.25) is 0 Å². The molecule has 1 saturated carbocycles. The molecule has 3 fully saturated rings. The first-order valence-electron chi connectivity index (χ1n) is 7.61. The van der Waals surface area contributed by atoms with Crippen molar-refractivity contribution in [2.24, 2.45) is 0 Å². The van der Waals surface area contributed by atoms with Crippen molar-refractivity contribution in [3.05, 3.63) is 0 Å². The van der Waals surface area contributed by atoms with Crippen molar-refractivity contribution in [3.8, 4) is 0 Å². The Labute approximate surface area is 106 Å². The zero-order valence-electron chi connectivity index (χ0n) is 11.0. The van der Waals surface area contributed by atoms with Crippen LogP contribution in [-0.2, 0) is 0 Å². The first kappa shape index (κ1) is 11.9. The average molecular weight is 237 g/mol. The van der Waals surface area contributed by atoms with Crippen LogP contribution in [0.15, 0.2) is 0 Å². The van der Waals surface area contributed by atoms with Gasteiger partial charge < -0.3 is 10.2 Å². The topological polar surface area (TPSA) is 18.5 Å². The second-order valence-electron chi connectivity index (χ2n) is 6.04. The molecule has 0 bridgehead atoms. The predicted octanol–water partition coefficient (Wildman–Crippen LogP) is 1.30. The zero-order chi connectivity index (χ0) is 11.5. The lowest BCUT2D eigenvalue weighted by Gasteiger charge is -2.35. The van der Waals surface area contributed by atoms with E-state index in [4.69, 9.17) is 0 Å². The van der Waals surface area contributed by atoms with Crippen LogP contribution < -0.4 is 5.32 Å². The first-order valence-corrected chi connectivity index (χ1v) is 7.61. The Bertz CT molecular complexity index is 226. The van der Waals surface area contributed by atoms with Crippen LogP contribution >= 0.6 is 0 Å². The number of nitrogens with zero attached hydrogens (tertiary/aromatic N) is 2. The molecule has 0 aromatic heterocycles. The molecule has 1 N–H and O–H groups in total. The standard InChI is InChI=1S/C14H27N3/c1-2-7-15-13(3-1)6-8-16-9-11-17(12-10-16)14-4-5-14/h13-15H,1-12H2. The van der Waals surface area contributed by atoms with E-state index >= 15 is 0 Å². The Balaban J connectivity index is 1.32. The molecule has 0 radical (unpaired) electrons. The van der Waals surface area contributed by atoms with Crippen LogP contribution in [0.5, 0.6) is 0 Å². The van der Waals surface area contributed by atoms with Crippen molar-refractivity contribution < 1.29 is 0 Å². The maximum atomic E-state index is 3.66. The third-order valence-electron chi connectivity index (χ3n) is 4.68. The Hall–Kier alpha value is -0.120. The summed E-state index contributed by atoms with van der Waals surface area (Å²) in [7, 11) is 0. The number of nitrogens with one attached hydrogen (secondary N) is 1. The normalized spacial score (nSPS) is 32.8. The van der Waals surface area contributed by atoms with Gasteiger partial charge in [-0.3, -0.25) is 4.90 Å². The summed E-state index contributed by atoms with van der Waals surface area (Å²) in [5.74, 6) is 0. The highest BCUT2D eigenvalue weighted by atomic mass is 15.3. The smallest absolute Gasteiger partial charge is 0.0113 e. The van der Waals surface area contributed by atoms with Crippen molar-refractivity contribution in [1.29, 1.82) is 0 Å². The predicted molar refractivity (Wildman–Crippen MR) is 71.3 cm³/mol. The highest BCUT2D eigenvalue weighted by molar-refractivity contribution is 4.87. The lowest BCUT2D eigenvalue weighted by molar-refractivity contribution is 0.121. The monoisotopic (exact) mass is 237 g/mol. The maximum absolute atomic E-state index is 3.66. The Morgan fingerprint density at radius 2 is 1.76 bits per heavy atom. The van der Waals surface area contributed by atoms with Gasteiger partial charge in [0.25, 0.3) is 0 Å². The summed E-state index contributed by atoms with van der Waals surface area (Å²) in [6, 6.07) is 1.78. The summed E-state index contributed by atoms with van der Waals surface area (Å²) in [6.07, 6.45) is 8.52. The number of piperazine rings is 1. The van der Waals surface area contributed by atoms with Gasteiger partial charge in [-0.15, -0.1) is 0 Å². The van der Waals surface area contributed by atoms with Gasteiger partial charge in [0.2, 0.25) is 0 Å². The van der Waals surface area contributed by atoms with Crippen molar-refractivity contribution in [2.45, 2.75) is 50.6 Å². The van der Waals surface area contributed by atoms with E-state index in [-0.39, 0.29) is 0 Å². The summed E-state index contributed by atoms with van der Waals surface area (Å²) in [5.41, 5.74) is 0. The molecule has 3 heteroatoms. The molecule has 2 saturated heterocycles. The van der Waals surface area contributed by atoms with Crippen LogP contribution in [0.1, 0.15) is 38.5 Å². The maximum Gasteiger partial charge on any atom is 0.0113 e. The van der Waals surface area contributed by atoms with Gasteiger partial charge in [0.1, 0.15) is 0 Å². The third-order valence-corrected chi connectivity index (χ3v) is 4.68. The van der Waals surface area contributed by atoms with Crippen LogP contribution in [-0.4, -0.2) is 61.2 Å². The summed E-state index contributed by atoms with van der Waals surface area (Å²) in [6.45, 7) is 7.83. The summed E-state index contributed by atoms with van der Waals surface area (Å²) >= 11 is 0. The first-order chi connectivity index (χ1) is 8.42. The second-order valence-corrected chi connectivity index (χ2v) is 6.04. The van der Waals surface area contributed by atoms with Gasteiger partial charge >= 0.3 is 0 Å². The van der Waals surface area contributed by atoms with Crippen molar-refractivity contribution >= 4 is 0 Å². The molecule has 3 rings (SSSR count). The minimum absolute atomic E-state index is 0.810. The molecule has 17 heavy (non-hydrogen) atoms. The van der Waals surface area contributed by atoms with E-state index in [0.717, 1.165) is 12.1 Å². The van der Waals surface area contributed by atoms with Gasteiger partial charge in [0.05, 0.1) is 0 Å². The van der Waals surface area contributed by atoms with Crippen LogP contribution in [0.25, 0.3) is 0 Å². The van der Waals surface area contributed by atoms with Gasteiger partial charge in [-0.1, -0.05) is 6.42 Å². The van der Waals surface area contributed by atoms with E-state index in [0.29, 0.717) is 0 Å². The fourth-order valence-electron chi connectivity index (χ4n) is 3.30. The van der Waals surface area contributed by atoms with E-state index in [1.807, 2.05) is 0 Å². The molecule has 98 valence electrons. The number of piperidine rings is 1. The second kappa shape index (κ2) is 5.68. The van der Waals surface area contributed by atoms with E-state index < -0.39 is 0 Å². The van der Waals surface area contributed by atoms with Crippen molar-refractivity contribution in [1.82, 2.24) is 15.1 Å². The number of rotatable bonds is 4. The summed E-state index contributed by atoms with van der Waals surface area (Å²) in [5, 5.41) is 3.66. The Kier molecular flexibility index (Phi) is 3.99. The Morgan fingerprint density at radius 3 is 2.41 bits per heavy atom. The highest BCUT2D eigenvalue weighted by Crippen LogP contribution is 2.27. The largest absolute Gasteiger partial charge is 0.314 e. The average Bonchev–Trinajstić information content (AvgIpc) is 3.23. The Morgan fingerprint density at radius 1 is 0.941 bits per heavy atom. The molecule has 1 aliphatic carbocycles. The molecule has 3 nitrogen and oxygen atoms in total. The molecule has 1 unspecified atom stereocenters. The van der Waals surface area contributed by atoms with Gasteiger partial charge in [0.15, 0.2) is 0 Å². The molecule has 0 amide bonds. The fourth-order valence-corrected chi connectivity index (χ4v) is 3.30. The number of hydrogen-bond acceptors (Lipinski definition) is 3. The van der Waals surface area contributed by atoms with E-state index in [9.17, 15) is 0 Å². The molecule has 0 aromatic carbocycles. The molecular weight excluding hydrogens is 210 g/mol. The minimum Gasteiger partial charge on any atom is -0.314 e.